The van der Waals surface area contributed by atoms with Crippen molar-refractivity contribution < 1.29 is 4.79 Å². The molecule has 2 aromatic rings. The zero-order chi connectivity index (χ0) is 24.0. The SMILES string of the molecule is CCCCCCN1C(=O)/C(=C/c2cn(-c3ccccc3)nc2C23CC4CC(CC(C4)C2)C3)SC1=S. The van der Waals surface area contributed by atoms with Gasteiger partial charge in [0.05, 0.1) is 16.3 Å². The van der Waals surface area contributed by atoms with Crippen molar-refractivity contribution in [1.29, 1.82) is 0 Å². The summed E-state index contributed by atoms with van der Waals surface area (Å²) < 4.78 is 2.73. The molecule has 1 amide bonds. The quantitative estimate of drug-likeness (QED) is 0.217. The van der Waals surface area contributed by atoms with Crippen molar-refractivity contribution in [2.24, 2.45) is 17.8 Å². The monoisotopic (exact) mass is 505 g/mol. The lowest BCUT2D eigenvalue weighted by molar-refractivity contribution is -0.122. The maximum Gasteiger partial charge on any atom is 0.266 e. The van der Waals surface area contributed by atoms with Crippen LogP contribution in [0.5, 0.6) is 0 Å². The highest BCUT2D eigenvalue weighted by molar-refractivity contribution is 8.26. The third kappa shape index (κ3) is 4.42. The van der Waals surface area contributed by atoms with E-state index in [9.17, 15) is 4.79 Å². The number of para-hydroxylation sites is 1. The van der Waals surface area contributed by atoms with Crippen LogP contribution in [0.15, 0.2) is 41.4 Å². The van der Waals surface area contributed by atoms with Gasteiger partial charge in [0.25, 0.3) is 5.91 Å². The highest BCUT2D eigenvalue weighted by atomic mass is 32.2. The van der Waals surface area contributed by atoms with Gasteiger partial charge in [-0.05, 0) is 80.9 Å². The van der Waals surface area contributed by atoms with Crippen molar-refractivity contribution >= 4 is 40.3 Å². The van der Waals surface area contributed by atoms with Gasteiger partial charge in [-0.1, -0.05) is 68.4 Å². The highest BCUT2D eigenvalue weighted by Gasteiger charge is 2.53. The molecule has 0 atom stereocenters. The summed E-state index contributed by atoms with van der Waals surface area (Å²) in [4.78, 5) is 15.9. The van der Waals surface area contributed by atoms with Gasteiger partial charge >= 0.3 is 0 Å². The van der Waals surface area contributed by atoms with Crippen LogP contribution in [0.3, 0.4) is 0 Å². The lowest BCUT2D eigenvalue weighted by atomic mass is 9.48. The van der Waals surface area contributed by atoms with Crippen LogP contribution in [-0.2, 0) is 10.2 Å². The summed E-state index contributed by atoms with van der Waals surface area (Å²) >= 11 is 7.09. The van der Waals surface area contributed by atoms with Crippen molar-refractivity contribution in [3.8, 4) is 5.69 Å². The number of aromatic nitrogens is 2. The number of hydrogen-bond acceptors (Lipinski definition) is 4. The van der Waals surface area contributed by atoms with Gasteiger partial charge < -0.3 is 0 Å². The van der Waals surface area contributed by atoms with Crippen LogP contribution < -0.4 is 0 Å². The minimum atomic E-state index is 0.0698. The summed E-state index contributed by atoms with van der Waals surface area (Å²) in [5, 5.41) is 5.25. The van der Waals surface area contributed by atoms with Gasteiger partial charge in [0.1, 0.15) is 4.32 Å². The Morgan fingerprint density at radius 3 is 2.40 bits per heavy atom. The highest BCUT2D eigenvalue weighted by Crippen LogP contribution is 2.61. The fourth-order valence-electron chi connectivity index (χ4n) is 7.55. The van der Waals surface area contributed by atoms with Crippen molar-refractivity contribution in [3.05, 3.63) is 52.7 Å². The van der Waals surface area contributed by atoms with Crippen LogP contribution in [0.1, 0.15) is 82.4 Å². The zero-order valence-corrected chi connectivity index (χ0v) is 22.3. The predicted molar refractivity (Wildman–Crippen MR) is 147 cm³/mol. The summed E-state index contributed by atoms with van der Waals surface area (Å²) in [6, 6.07) is 10.4. The fourth-order valence-corrected chi connectivity index (χ4v) is 8.85. The fraction of sp³-hybridized carbons (Fsp3) is 0.552. The molecule has 7 rings (SSSR count). The van der Waals surface area contributed by atoms with Crippen molar-refractivity contribution in [3.63, 3.8) is 0 Å². The molecule has 2 heterocycles. The molecule has 1 aromatic carbocycles. The molecule has 184 valence electrons. The van der Waals surface area contributed by atoms with Gasteiger partial charge in [0, 0.05) is 23.7 Å². The lowest BCUT2D eigenvalue weighted by Gasteiger charge is -2.56. The molecule has 0 spiro atoms. The molecule has 4 nitrogen and oxygen atoms in total. The molecule has 1 aliphatic heterocycles. The summed E-state index contributed by atoms with van der Waals surface area (Å²) in [7, 11) is 0. The first-order valence-corrected chi connectivity index (χ1v) is 14.7. The predicted octanol–water partition coefficient (Wildman–Crippen LogP) is 7.12. The van der Waals surface area contributed by atoms with E-state index in [-0.39, 0.29) is 11.3 Å². The largest absolute Gasteiger partial charge is 0.293 e. The minimum absolute atomic E-state index is 0.0698. The second kappa shape index (κ2) is 9.51. The van der Waals surface area contributed by atoms with Crippen LogP contribution in [0.2, 0.25) is 0 Å². The van der Waals surface area contributed by atoms with Gasteiger partial charge in [0.15, 0.2) is 0 Å². The third-order valence-corrected chi connectivity index (χ3v) is 10.1. The maximum atomic E-state index is 13.3. The molecule has 0 unspecified atom stereocenters. The standard InChI is InChI=1S/C29H35N3OS2/c1-2-3-4-8-11-31-27(33)25(35-28(31)34)15-23-19-32(24-9-6-5-7-10-24)30-26(23)29-16-20-12-21(17-29)14-22(13-20)18-29/h5-7,9-10,15,19-22H,2-4,8,11-14,16-18H2,1H3/b25-15-. The van der Waals surface area contributed by atoms with E-state index in [1.54, 1.807) is 0 Å². The zero-order valence-electron chi connectivity index (χ0n) is 20.6. The molecule has 4 aliphatic carbocycles. The van der Waals surface area contributed by atoms with Gasteiger partial charge in [-0.25, -0.2) is 4.68 Å². The summed E-state index contributed by atoms with van der Waals surface area (Å²) in [5.41, 5.74) is 3.56. The average Bonchev–Trinajstić information content (AvgIpc) is 3.38. The number of benzene rings is 1. The number of unbranched alkanes of at least 4 members (excludes halogenated alkanes) is 3. The Kier molecular flexibility index (Phi) is 6.38. The smallest absolute Gasteiger partial charge is 0.266 e. The lowest BCUT2D eigenvalue weighted by Crippen LogP contribution is -2.49. The topological polar surface area (TPSA) is 38.1 Å². The molecular weight excluding hydrogens is 470 g/mol. The summed E-state index contributed by atoms with van der Waals surface area (Å²) in [6.45, 7) is 2.94. The second-order valence-corrected chi connectivity index (χ2v) is 13.0. The van der Waals surface area contributed by atoms with Crippen molar-refractivity contribution in [2.45, 2.75) is 76.5 Å². The Hall–Kier alpha value is -1.92. The van der Waals surface area contributed by atoms with Gasteiger partial charge in [-0.15, -0.1) is 0 Å². The number of thiocarbonyl (C=S) groups is 1. The molecule has 1 saturated heterocycles. The molecule has 1 aromatic heterocycles. The Morgan fingerprint density at radius 2 is 1.74 bits per heavy atom. The van der Waals surface area contributed by atoms with Crippen LogP contribution in [0, 0.1) is 17.8 Å². The number of carbonyl (C=O) groups excluding carboxylic acids is 1. The van der Waals surface area contributed by atoms with E-state index in [0.29, 0.717) is 4.32 Å². The number of nitrogens with zero attached hydrogens (tertiary/aromatic N) is 3. The van der Waals surface area contributed by atoms with Crippen LogP contribution in [0.25, 0.3) is 11.8 Å². The Balaban J connectivity index is 1.35. The number of thioether (sulfide) groups is 1. The molecule has 4 bridgehead atoms. The van der Waals surface area contributed by atoms with E-state index in [0.717, 1.165) is 53.3 Å². The number of amides is 1. The first-order chi connectivity index (χ1) is 17.0. The maximum absolute atomic E-state index is 13.3. The molecule has 0 N–H and O–H groups in total. The molecule has 4 saturated carbocycles. The van der Waals surface area contributed by atoms with Gasteiger partial charge in [0.2, 0.25) is 0 Å². The molecule has 5 fully saturated rings. The Morgan fingerprint density at radius 1 is 1.06 bits per heavy atom. The molecule has 6 heteroatoms. The number of rotatable bonds is 8. The van der Waals surface area contributed by atoms with E-state index >= 15 is 0 Å². The Labute approximate surface area is 218 Å². The summed E-state index contributed by atoms with van der Waals surface area (Å²) in [6.07, 6.45) is 16.8. The van der Waals surface area contributed by atoms with Crippen molar-refractivity contribution in [2.75, 3.05) is 6.54 Å². The first-order valence-electron chi connectivity index (χ1n) is 13.5. The number of carbonyl (C=O) groups is 1. The van der Waals surface area contributed by atoms with E-state index in [1.807, 2.05) is 15.6 Å². The van der Waals surface area contributed by atoms with E-state index in [2.05, 4.69) is 43.5 Å². The third-order valence-electron chi connectivity index (χ3n) is 8.70. The summed E-state index contributed by atoms with van der Waals surface area (Å²) in [5.74, 6) is 2.60. The van der Waals surface area contributed by atoms with Crippen LogP contribution in [0.4, 0.5) is 0 Å². The minimum Gasteiger partial charge on any atom is -0.293 e. The van der Waals surface area contributed by atoms with Gasteiger partial charge in [-0.3, -0.25) is 9.69 Å². The average molecular weight is 506 g/mol. The molecule has 5 aliphatic rings. The van der Waals surface area contributed by atoms with Crippen LogP contribution in [-0.4, -0.2) is 31.5 Å². The molecule has 0 radical (unpaired) electrons. The van der Waals surface area contributed by atoms with E-state index in [4.69, 9.17) is 17.3 Å². The molecule has 35 heavy (non-hydrogen) atoms. The van der Waals surface area contributed by atoms with Crippen molar-refractivity contribution in [1.82, 2.24) is 14.7 Å². The molecular formula is C29H35N3OS2. The number of hydrogen-bond donors (Lipinski definition) is 0. The normalized spacial score (nSPS) is 30.7. The first kappa shape index (κ1) is 23.5. The second-order valence-electron chi connectivity index (χ2n) is 11.3. The van der Waals surface area contributed by atoms with E-state index in [1.165, 1.54) is 68.8 Å². The van der Waals surface area contributed by atoms with E-state index < -0.39 is 0 Å². The van der Waals surface area contributed by atoms with Gasteiger partial charge in [-0.2, -0.15) is 5.10 Å². The van der Waals surface area contributed by atoms with Crippen LogP contribution >= 0.6 is 24.0 Å². The Bertz CT molecular complexity index is 1120.